The molecule has 0 saturated carbocycles. The summed E-state index contributed by atoms with van der Waals surface area (Å²) in [7, 11) is -2.20. The Morgan fingerprint density at radius 1 is 0.893 bits per heavy atom. The van der Waals surface area contributed by atoms with Gasteiger partial charge in [0.05, 0.1) is 23.9 Å². The summed E-state index contributed by atoms with van der Waals surface area (Å²) in [6, 6.07) is 14.7. The quantitative estimate of drug-likeness (QED) is 0.637. The number of benzene rings is 2. The number of nitrogens with one attached hydrogen (secondary N) is 2. The predicted molar refractivity (Wildman–Crippen MR) is 112 cm³/mol. The number of hydrogen-bond acceptors (Lipinski definition) is 5. The Balaban J connectivity index is 1.77. The molecule has 28 heavy (non-hydrogen) atoms. The van der Waals surface area contributed by atoms with Gasteiger partial charge in [0.2, 0.25) is 0 Å². The van der Waals surface area contributed by atoms with Gasteiger partial charge in [0.1, 0.15) is 11.6 Å². The van der Waals surface area contributed by atoms with Gasteiger partial charge in [0, 0.05) is 5.69 Å². The standard InChI is InChI=1S/C21H23N3O3S/c1-14-5-7-17(8-6-14)23-18-9-10-21(22-13-18)24-28(25,26)20-12-15(2)19(27-4)11-16(20)3/h5-13,23H,1-4H3,(H,22,24). The van der Waals surface area contributed by atoms with Gasteiger partial charge in [-0.05, 0) is 68.3 Å². The summed E-state index contributed by atoms with van der Waals surface area (Å²) in [4.78, 5) is 4.41. The Morgan fingerprint density at radius 3 is 2.18 bits per heavy atom. The van der Waals surface area contributed by atoms with Crippen molar-refractivity contribution in [2.24, 2.45) is 0 Å². The lowest BCUT2D eigenvalue weighted by molar-refractivity contribution is 0.411. The molecule has 7 heteroatoms. The fourth-order valence-corrected chi connectivity index (χ4v) is 4.12. The summed E-state index contributed by atoms with van der Waals surface area (Å²) >= 11 is 0. The van der Waals surface area contributed by atoms with E-state index >= 15 is 0 Å². The van der Waals surface area contributed by atoms with Crippen molar-refractivity contribution < 1.29 is 13.2 Å². The summed E-state index contributed by atoms with van der Waals surface area (Å²) in [5.41, 5.74) is 4.23. The molecule has 3 aromatic rings. The van der Waals surface area contributed by atoms with Crippen LogP contribution < -0.4 is 14.8 Å². The average molecular weight is 398 g/mol. The highest BCUT2D eigenvalue weighted by Crippen LogP contribution is 2.27. The largest absolute Gasteiger partial charge is 0.496 e. The van der Waals surface area contributed by atoms with Crippen LogP contribution in [0.1, 0.15) is 16.7 Å². The topological polar surface area (TPSA) is 80.3 Å². The highest BCUT2D eigenvalue weighted by atomic mass is 32.2. The second-order valence-corrected chi connectivity index (χ2v) is 8.27. The van der Waals surface area contributed by atoms with Crippen LogP contribution in [0.5, 0.6) is 5.75 Å². The third-order valence-corrected chi connectivity index (χ3v) is 5.82. The van der Waals surface area contributed by atoms with Crippen LogP contribution in [-0.2, 0) is 10.0 Å². The molecular weight excluding hydrogens is 374 g/mol. The second kappa shape index (κ2) is 7.90. The first-order valence-corrected chi connectivity index (χ1v) is 10.2. The van der Waals surface area contributed by atoms with Crippen LogP contribution in [0.3, 0.4) is 0 Å². The molecule has 0 spiro atoms. The molecule has 0 unspecified atom stereocenters. The fraction of sp³-hybridized carbons (Fsp3) is 0.190. The van der Waals surface area contributed by atoms with Crippen LogP contribution in [0.25, 0.3) is 0 Å². The monoisotopic (exact) mass is 397 g/mol. The highest BCUT2D eigenvalue weighted by Gasteiger charge is 2.19. The summed E-state index contributed by atoms with van der Waals surface area (Å²) in [5, 5.41) is 3.23. The molecule has 0 aliphatic heterocycles. The lowest BCUT2D eigenvalue weighted by atomic mass is 10.1. The van der Waals surface area contributed by atoms with E-state index in [4.69, 9.17) is 4.74 Å². The number of aromatic nitrogens is 1. The number of ether oxygens (including phenoxy) is 1. The van der Waals surface area contributed by atoms with E-state index in [0.717, 1.165) is 16.9 Å². The SMILES string of the molecule is COc1cc(C)c(S(=O)(=O)Nc2ccc(Nc3ccc(C)cc3)cn2)cc1C. The van der Waals surface area contributed by atoms with Crippen LogP contribution in [0.15, 0.2) is 59.6 Å². The molecule has 2 N–H and O–H groups in total. The normalized spacial score (nSPS) is 11.1. The van der Waals surface area contributed by atoms with Crippen molar-refractivity contribution in [1.82, 2.24) is 4.98 Å². The van der Waals surface area contributed by atoms with Gasteiger partial charge in [-0.1, -0.05) is 17.7 Å². The van der Waals surface area contributed by atoms with Gasteiger partial charge in [0.15, 0.2) is 0 Å². The van der Waals surface area contributed by atoms with Gasteiger partial charge < -0.3 is 10.1 Å². The molecule has 0 amide bonds. The molecule has 0 fully saturated rings. The molecule has 1 heterocycles. The smallest absolute Gasteiger partial charge is 0.263 e. The van der Waals surface area contributed by atoms with E-state index in [9.17, 15) is 8.42 Å². The first-order chi connectivity index (χ1) is 13.3. The Morgan fingerprint density at radius 2 is 1.57 bits per heavy atom. The molecule has 2 aromatic carbocycles. The lowest BCUT2D eigenvalue weighted by Gasteiger charge is -2.13. The molecule has 1 aromatic heterocycles. The van der Waals surface area contributed by atoms with Crippen LogP contribution in [0, 0.1) is 20.8 Å². The number of rotatable bonds is 6. The minimum absolute atomic E-state index is 0.203. The van der Waals surface area contributed by atoms with Gasteiger partial charge in [-0.3, -0.25) is 4.72 Å². The molecule has 6 nitrogen and oxygen atoms in total. The minimum Gasteiger partial charge on any atom is -0.496 e. The van der Waals surface area contributed by atoms with Crippen LogP contribution in [0.2, 0.25) is 0 Å². The number of pyridine rings is 1. The van der Waals surface area contributed by atoms with E-state index < -0.39 is 10.0 Å². The molecule has 0 saturated heterocycles. The number of hydrogen-bond donors (Lipinski definition) is 2. The van der Waals surface area contributed by atoms with E-state index in [-0.39, 0.29) is 10.7 Å². The summed E-state index contributed by atoms with van der Waals surface area (Å²) in [5.74, 6) is 0.906. The van der Waals surface area contributed by atoms with Crippen molar-refractivity contribution in [3.05, 3.63) is 71.4 Å². The molecule has 146 valence electrons. The van der Waals surface area contributed by atoms with Crippen LogP contribution in [0.4, 0.5) is 17.2 Å². The molecule has 0 aliphatic carbocycles. The Kier molecular flexibility index (Phi) is 5.56. The highest BCUT2D eigenvalue weighted by molar-refractivity contribution is 7.92. The van der Waals surface area contributed by atoms with E-state index in [1.165, 1.54) is 5.56 Å². The van der Waals surface area contributed by atoms with Gasteiger partial charge in [-0.25, -0.2) is 13.4 Å². The molecule has 0 radical (unpaired) electrons. The minimum atomic E-state index is -3.76. The molecule has 3 rings (SSSR count). The van der Waals surface area contributed by atoms with Crippen molar-refractivity contribution in [2.75, 3.05) is 17.1 Å². The summed E-state index contributed by atoms with van der Waals surface area (Å²) in [6.07, 6.45) is 1.59. The maximum Gasteiger partial charge on any atom is 0.263 e. The number of aryl methyl sites for hydroxylation is 3. The zero-order valence-corrected chi connectivity index (χ0v) is 17.1. The second-order valence-electron chi connectivity index (χ2n) is 6.62. The molecular formula is C21H23N3O3S. The fourth-order valence-electron chi connectivity index (χ4n) is 2.80. The van der Waals surface area contributed by atoms with Gasteiger partial charge >= 0.3 is 0 Å². The van der Waals surface area contributed by atoms with Crippen molar-refractivity contribution >= 4 is 27.2 Å². The van der Waals surface area contributed by atoms with Gasteiger partial charge in [-0.2, -0.15) is 0 Å². The van der Waals surface area contributed by atoms with E-state index in [0.29, 0.717) is 11.3 Å². The Hall–Kier alpha value is -3.06. The number of methoxy groups -OCH3 is 1. The summed E-state index contributed by atoms with van der Waals surface area (Å²) < 4.78 is 33.3. The van der Waals surface area contributed by atoms with Crippen molar-refractivity contribution in [3.63, 3.8) is 0 Å². The van der Waals surface area contributed by atoms with Crippen LogP contribution >= 0.6 is 0 Å². The number of sulfonamides is 1. The lowest BCUT2D eigenvalue weighted by Crippen LogP contribution is -2.15. The summed E-state index contributed by atoms with van der Waals surface area (Å²) in [6.45, 7) is 5.57. The van der Waals surface area contributed by atoms with E-state index in [1.54, 1.807) is 51.4 Å². The van der Waals surface area contributed by atoms with Crippen molar-refractivity contribution in [2.45, 2.75) is 25.7 Å². The van der Waals surface area contributed by atoms with Gasteiger partial charge in [-0.15, -0.1) is 0 Å². The van der Waals surface area contributed by atoms with E-state index in [1.807, 2.05) is 31.2 Å². The van der Waals surface area contributed by atoms with E-state index in [2.05, 4.69) is 15.0 Å². The van der Waals surface area contributed by atoms with Gasteiger partial charge in [0.25, 0.3) is 10.0 Å². The maximum absolute atomic E-state index is 12.8. The third-order valence-electron chi connectivity index (χ3n) is 4.32. The predicted octanol–water partition coefficient (Wildman–Crippen LogP) is 4.56. The molecule has 0 bridgehead atoms. The zero-order valence-electron chi connectivity index (χ0n) is 16.3. The first kappa shape index (κ1) is 19.7. The Bertz CT molecular complexity index is 1080. The average Bonchev–Trinajstić information content (AvgIpc) is 2.66. The van der Waals surface area contributed by atoms with Crippen molar-refractivity contribution in [1.29, 1.82) is 0 Å². The molecule has 0 atom stereocenters. The van der Waals surface area contributed by atoms with Crippen LogP contribution in [-0.4, -0.2) is 20.5 Å². The number of nitrogens with zero attached hydrogens (tertiary/aromatic N) is 1. The first-order valence-electron chi connectivity index (χ1n) is 8.76. The van der Waals surface area contributed by atoms with Crippen molar-refractivity contribution in [3.8, 4) is 5.75 Å². The molecule has 0 aliphatic rings. The third kappa shape index (κ3) is 4.43. The zero-order chi connectivity index (χ0) is 20.3. The maximum atomic E-state index is 12.8. The Labute approximate surface area is 165 Å². The number of anilines is 3.